The topological polar surface area (TPSA) is 120 Å². The molecule has 3 aliphatic heterocycles. The number of Topliss-reactive ketones (excluding diaryl/α,β-unsaturated/α-hetero) is 1. The van der Waals surface area contributed by atoms with Crippen molar-refractivity contribution in [3.63, 3.8) is 0 Å². The van der Waals surface area contributed by atoms with Gasteiger partial charge < -0.3 is 26.6 Å². The number of carbonyl (C=O) groups excluding carboxylic acids is 1. The molecule has 0 saturated heterocycles. The highest BCUT2D eigenvalue weighted by molar-refractivity contribution is 8.77. The Morgan fingerprint density at radius 2 is 1.94 bits per heavy atom. The number of aliphatic imine (C=N–C) groups is 1. The molecule has 6 N–H and O–H groups in total. The van der Waals surface area contributed by atoms with E-state index in [9.17, 15) is 15.0 Å². The summed E-state index contributed by atoms with van der Waals surface area (Å²) in [7, 11) is 9.85. The molecule has 7 nitrogen and oxygen atoms in total. The Bertz CT molecular complexity index is 1430. The first-order valence-electron chi connectivity index (χ1n) is 18.1. The zero-order chi connectivity index (χ0) is 33.5. The lowest BCUT2D eigenvalue weighted by Crippen LogP contribution is -2.62. The number of aliphatic hydroxyl groups excluding tert-OH is 2. The molecule has 6 bridgehead atoms. The summed E-state index contributed by atoms with van der Waals surface area (Å²) in [4.78, 5) is 19.4. The molecule has 1 aromatic carbocycles. The van der Waals surface area contributed by atoms with E-state index in [1.165, 1.54) is 16.7 Å². The van der Waals surface area contributed by atoms with Crippen LogP contribution in [0, 0.1) is 46.3 Å². The fourth-order valence-corrected chi connectivity index (χ4v) is 16.9. The van der Waals surface area contributed by atoms with Gasteiger partial charge >= 0.3 is 0 Å². The van der Waals surface area contributed by atoms with Crippen LogP contribution in [0.2, 0.25) is 0 Å². The van der Waals surface area contributed by atoms with Gasteiger partial charge in [-0.2, -0.15) is 0 Å². The van der Waals surface area contributed by atoms with Gasteiger partial charge in [-0.1, -0.05) is 79.9 Å². The number of allylic oxidation sites excluding steroid dienone is 2. The summed E-state index contributed by atoms with van der Waals surface area (Å²) in [5.41, 5.74) is 11.4. The largest absolute Gasteiger partial charge is 0.396 e. The molecule has 0 radical (unpaired) electrons. The fraction of sp³-hybridized carbons (Fsp3) is 0.730. The van der Waals surface area contributed by atoms with Crippen molar-refractivity contribution in [3.05, 3.63) is 46.5 Å². The summed E-state index contributed by atoms with van der Waals surface area (Å²) in [5, 5.41) is 28.2. The Hall–Kier alpha value is -0.820. The first kappa shape index (κ1) is 35.6. The van der Waals surface area contributed by atoms with Crippen LogP contribution >= 0.6 is 43.2 Å². The zero-order valence-electron chi connectivity index (χ0n) is 28.5. The second-order valence-electron chi connectivity index (χ2n) is 15.7. The van der Waals surface area contributed by atoms with Gasteiger partial charge in [-0.15, -0.1) is 0 Å². The molecule has 264 valence electrons. The van der Waals surface area contributed by atoms with E-state index in [-0.39, 0.29) is 47.3 Å². The van der Waals surface area contributed by atoms with Crippen LogP contribution in [0.1, 0.15) is 63.0 Å². The van der Waals surface area contributed by atoms with Crippen LogP contribution in [-0.2, 0) is 17.8 Å². The minimum Gasteiger partial charge on any atom is -0.396 e. The van der Waals surface area contributed by atoms with Gasteiger partial charge in [-0.05, 0) is 104 Å². The van der Waals surface area contributed by atoms with E-state index in [4.69, 9.17) is 10.7 Å². The normalized spacial score (nSPS) is 39.9. The van der Waals surface area contributed by atoms with Gasteiger partial charge in [-0.25, -0.2) is 0 Å². The Morgan fingerprint density at radius 1 is 1.10 bits per heavy atom. The highest BCUT2D eigenvalue weighted by atomic mass is 33.1. The number of hydrogen-bond acceptors (Lipinski definition) is 11. The molecule has 0 amide bonds. The standard InChI is InChI=1S/C37H54N4O3S4/c1-35-9-11-45-48-22-36(29(18-40-34(38)41-36)13-23-4-3-5-24(12-23)17-39-2)8-6-25-20-46-47-21-26(7-10-42)33-27(19-43)14-28(35)15-30-32(25)31(44)16-37(30,33)35/h3-5,12,25-29,33,39,42-43H,6-11,13-22H2,1-2H3,(H3,38,40,41)/t25-,26+,27+,28+,29+,33+,35-,36+,37+/m0/s1. The molecular weight excluding hydrogens is 677 g/mol. The number of nitrogens with two attached hydrogens (primary N) is 1. The first-order valence-corrected chi connectivity index (χ1v) is 23.0. The Labute approximate surface area is 302 Å². The molecule has 2 spiro atoms. The molecule has 3 aliphatic carbocycles. The monoisotopic (exact) mass is 730 g/mol. The Balaban J connectivity index is 1.29. The molecule has 11 heteroatoms. The summed E-state index contributed by atoms with van der Waals surface area (Å²) in [5.74, 6) is 6.53. The van der Waals surface area contributed by atoms with E-state index in [1.54, 1.807) is 0 Å². The van der Waals surface area contributed by atoms with Crippen molar-refractivity contribution in [2.45, 2.75) is 70.4 Å². The van der Waals surface area contributed by atoms with E-state index in [1.807, 2.05) is 50.2 Å². The van der Waals surface area contributed by atoms with Crippen LogP contribution in [0.5, 0.6) is 0 Å². The average Bonchev–Trinajstić information content (AvgIpc) is 3.40. The molecular formula is C37H54N4O3S4. The number of ketones is 1. The first-order chi connectivity index (χ1) is 23.3. The van der Waals surface area contributed by atoms with Gasteiger partial charge in [0, 0.05) is 67.1 Å². The van der Waals surface area contributed by atoms with Gasteiger partial charge in [0.2, 0.25) is 0 Å². The number of rotatable bonds is 7. The van der Waals surface area contributed by atoms with Crippen LogP contribution in [-0.4, -0.2) is 77.3 Å². The summed E-state index contributed by atoms with van der Waals surface area (Å²) in [6.07, 6.45) is 7.32. The molecule has 7 rings (SSSR count). The van der Waals surface area contributed by atoms with E-state index in [0.717, 1.165) is 80.1 Å². The molecule has 0 aromatic heterocycles. The van der Waals surface area contributed by atoms with Crippen molar-refractivity contribution in [2.24, 2.45) is 57.1 Å². The summed E-state index contributed by atoms with van der Waals surface area (Å²) < 4.78 is 0. The molecule has 0 unspecified atom stereocenters. The van der Waals surface area contributed by atoms with Gasteiger partial charge in [0.25, 0.3) is 0 Å². The number of guanidine groups is 1. The van der Waals surface area contributed by atoms with Crippen molar-refractivity contribution >= 4 is 54.9 Å². The third kappa shape index (κ3) is 6.11. The molecule has 48 heavy (non-hydrogen) atoms. The summed E-state index contributed by atoms with van der Waals surface area (Å²) in [6.45, 7) is 4.43. The van der Waals surface area contributed by atoms with Crippen LogP contribution < -0.4 is 16.4 Å². The van der Waals surface area contributed by atoms with Gasteiger partial charge in [0.15, 0.2) is 11.7 Å². The van der Waals surface area contributed by atoms with Crippen LogP contribution in [0.4, 0.5) is 0 Å². The maximum absolute atomic E-state index is 14.6. The van der Waals surface area contributed by atoms with Crippen molar-refractivity contribution in [1.29, 1.82) is 0 Å². The minimum atomic E-state index is -0.218. The maximum atomic E-state index is 14.6. The predicted molar refractivity (Wildman–Crippen MR) is 205 cm³/mol. The zero-order valence-corrected chi connectivity index (χ0v) is 31.8. The van der Waals surface area contributed by atoms with Crippen molar-refractivity contribution in [2.75, 3.05) is 49.8 Å². The quantitative estimate of drug-likeness (QED) is 0.224. The smallest absolute Gasteiger partial charge is 0.189 e. The number of hydrogen-bond donors (Lipinski definition) is 5. The molecule has 2 saturated carbocycles. The summed E-state index contributed by atoms with van der Waals surface area (Å²) >= 11 is 0. The average molecular weight is 731 g/mol. The van der Waals surface area contributed by atoms with Crippen molar-refractivity contribution in [1.82, 2.24) is 10.6 Å². The lowest BCUT2D eigenvalue weighted by atomic mass is 9.46. The summed E-state index contributed by atoms with van der Waals surface area (Å²) in [6, 6.07) is 8.95. The number of aliphatic hydroxyl groups is 2. The van der Waals surface area contributed by atoms with Crippen LogP contribution in [0.3, 0.4) is 0 Å². The lowest BCUT2D eigenvalue weighted by molar-refractivity contribution is -0.129. The van der Waals surface area contributed by atoms with Crippen LogP contribution in [0.25, 0.3) is 0 Å². The Morgan fingerprint density at radius 3 is 2.75 bits per heavy atom. The molecule has 6 aliphatic rings. The molecule has 9 atom stereocenters. The van der Waals surface area contributed by atoms with Crippen molar-refractivity contribution in [3.8, 4) is 0 Å². The van der Waals surface area contributed by atoms with Crippen LogP contribution in [0.15, 0.2) is 40.4 Å². The van der Waals surface area contributed by atoms with Gasteiger partial charge in [0.05, 0.1) is 5.54 Å². The number of nitrogens with one attached hydrogen (secondary N) is 2. The van der Waals surface area contributed by atoms with E-state index < -0.39 is 0 Å². The maximum Gasteiger partial charge on any atom is 0.189 e. The third-order valence-electron chi connectivity index (χ3n) is 13.5. The van der Waals surface area contributed by atoms with E-state index in [0.29, 0.717) is 42.5 Å². The van der Waals surface area contributed by atoms with Gasteiger partial charge in [0.1, 0.15) is 0 Å². The number of nitrogens with zero attached hydrogens (tertiary/aromatic N) is 1. The SMILES string of the molecule is CNCc1cccc(C[C@@H]2CN=C(N)N[C@@]23CC[C@H]2CSSC[C@@H](CCO)[C@@H]4[C@@H](CO)C[C@@H]5CC6=C2C(=O)C[C@@]64[C@@]5(C)CCSSC3)c1. The molecule has 2 fully saturated rings. The highest BCUT2D eigenvalue weighted by Gasteiger charge is 2.71. The number of carbonyl (C=O) groups is 1. The van der Waals surface area contributed by atoms with E-state index >= 15 is 0 Å². The number of benzene rings is 1. The molecule has 1 aromatic rings. The lowest BCUT2D eigenvalue weighted by Gasteiger charge is -2.58. The van der Waals surface area contributed by atoms with Crippen molar-refractivity contribution < 1.29 is 15.0 Å². The predicted octanol–water partition coefficient (Wildman–Crippen LogP) is 5.71. The molecule has 3 heterocycles. The fourth-order valence-electron chi connectivity index (χ4n) is 11.3. The second-order valence-corrected chi connectivity index (χ2v) is 20.8. The van der Waals surface area contributed by atoms with Gasteiger partial charge in [-0.3, -0.25) is 9.79 Å². The Kier molecular flexibility index (Phi) is 10.9. The third-order valence-corrected chi connectivity index (χ3v) is 18.6. The minimum absolute atomic E-state index is 0.0196. The highest BCUT2D eigenvalue weighted by Crippen LogP contribution is 2.76. The van der Waals surface area contributed by atoms with E-state index in [2.05, 4.69) is 41.8 Å². The second kappa shape index (κ2) is 14.7.